The predicted octanol–water partition coefficient (Wildman–Crippen LogP) is 21.2. The minimum absolute atomic E-state index is 0.103. The van der Waals surface area contributed by atoms with Crippen LogP contribution < -0.4 is 0 Å². The zero-order valence-corrected chi connectivity index (χ0v) is 61.6. The van der Waals surface area contributed by atoms with Gasteiger partial charge in [-0.2, -0.15) is 0 Å². The van der Waals surface area contributed by atoms with Gasteiger partial charge in [-0.1, -0.05) is 324 Å². The summed E-state index contributed by atoms with van der Waals surface area (Å²) in [6.45, 7) is 9.56. The Kier molecular flexibility index (Phi) is 63.7. The minimum Gasteiger partial charge on any atom is -0.462 e. The molecule has 0 saturated carbocycles. The number of carbonyl (C=O) groups excluding carboxylic acids is 4. The van der Waals surface area contributed by atoms with Crippen molar-refractivity contribution in [1.82, 2.24) is 0 Å². The second kappa shape index (κ2) is 65.0. The molecule has 0 heterocycles. The Hall–Kier alpha value is -1.94. The maximum absolute atomic E-state index is 13.1. The molecule has 546 valence electrons. The summed E-state index contributed by atoms with van der Waals surface area (Å²) in [7, 11) is -9.90. The second-order valence-corrected chi connectivity index (χ2v) is 29.7. The molecule has 0 aromatic rings. The molecule has 0 aromatic carbocycles. The van der Waals surface area contributed by atoms with Crippen LogP contribution in [0.3, 0.4) is 0 Å². The number of ether oxygens (including phenoxy) is 4. The molecule has 7 atom stereocenters. The number of aliphatic hydroxyl groups excluding tert-OH is 1. The lowest BCUT2D eigenvalue weighted by molar-refractivity contribution is -0.161. The van der Waals surface area contributed by atoms with Gasteiger partial charge in [0.05, 0.1) is 26.4 Å². The molecule has 0 radical (unpaired) electrons. The molecule has 0 bridgehead atoms. The van der Waals surface area contributed by atoms with E-state index in [1.54, 1.807) is 0 Å². The number of phosphoric acid groups is 2. The summed E-state index contributed by atoms with van der Waals surface area (Å²) in [5.41, 5.74) is 0. The largest absolute Gasteiger partial charge is 0.472 e. The lowest BCUT2D eigenvalue weighted by atomic mass is 9.99. The number of unbranched alkanes of at least 4 members (excludes halogenated alkanes) is 40. The van der Waals surface area contributed by atoms with E-state index in [1.807, 2.05) is 0 Å². The van der Waals surface area contributed by atoms with Crippen molar-refractivity contribution in [2.45, 2.75) is 394 Å². The van der Waals surface area contributed by atoms with Crippen LogP contribution in [0.15, 0.2) is 0 Å². The molecule has 0 rings (SSSR count). The Bertz CT molecular complexity index is 1790. The average molecular weight is 1350 g/mol. The van der Waals surface area contributed by atoms with Gasteiger partial charge < -0.3 is 33.8 Å². The van der Waals surface area contributed by atoms with Crippen molar-refractivity contribution in [3.05, 3.63) is 0 Å². The third kappa shape index (κ3) is 64.1. The first-order chi connectivity index (χ1) is 44.4. The van der Waals surface area contributed by atoms with E-state index < -0.39 is 97.5 Å². The Labute approximate surface area is 562 Å². The smallest absolute Gasteiger partial charge is 0.462 e. The number of carbonyl (C=O) groups is 4. The first kappa shape index (κ1) is 90.1. The van der Waals surface area contributed by atoms with Gasteiger partial charge in [0, 0.05) is 25.7 Å². The van der Waals surface area contributed by atoms with Gasteiger partial charge in [0.15, 0.2) is 12.2 Å². The summed E-state index contributed by atoms with van der Waals surface area (Å²) in [4.78, 5) is 72.5. The number of aliphatic hydroxyl groups is 1. The first-order valence-corrected chi connectivity index (χ1v) is 41.1. The van der Waals surface area contributed by atoms with Crippen molar-refractivity contribution in [2.24, 2.45) is 11.8 Å². The van der Waals surface area contributed by atoms with E-state index in [-0.39, 0.29) is 25.7 Å². The summed E-state index contributed by atoms with van der Waals surface area (Å²) in [6.07, 6.45) is 51.5. The van der Waals surface area contributed by atoms with E-state index in [4.69, 9.17) is 37.0 Å². The highest BCUT2D eigenvalue weighted by Gasteiger charge is 2.30. The first-order valence-electron chi connectivity index (χ1n) is 38.1. The highest BCUT2D eigenvalue weighted by Crippen LogP contribution is 2.45. The highest BCUT2D eigenvalue weighted by atomic mass is 31.2. The van der Waals surface area contributed by atoms with Crippen LogP contribution in [0.25, 0.3) is 0 Å². The van der Waals surface area contributed by atoms with Crippen LogP contribution in [-0.4, -0.2) is 96.7 Å². The van der Waals surface area contributed by atoms with Gasteiger partial charge >= 0.3 is 39.5 Å². The lowest BCUT2D eigenvalue weighted by Crippen LogP contribution is -2.30. The molecule has 0 aromatic heterocycles. The molecule has 0 aliphatic heterocycles. The fraction of sp³-hybridized carbons (Fsp3) is 0.945. The monoisotopic (exact) mass is 1350 g/mol. The molecule has 0 saturated heterocycles. The maximum Gasteiger partial charge on any atom is 0.472 e. The summed E-state index contributed by atoms with van der Waals surface area (Å²) in [5, 5.41) is 10.6. The van der Waals surface area contributed by atoms with Gasteiger partial charge in [0.2, 0.25) is 0 Å². The fourth-order valence-electron chi connectivity index (χ4n) is 11.1. The lowest BCUT2D eigenvalue weighted by Gasteiger charge is -2.21. The van der Waals surface area contributed by atoms with Crippen LogP contribution in [-0.2, 0) is 65.4 Å². The summed E-state index contributed by atoms with van der Waals surface area (Å²) in [6, 6.07) is 0. The third-order valence-corrected chi connectivity index (χ3v) is 19.6. The van der Waals surface area contributed by atoms with E-state index in [0.29, 0.717) is 25.7 Å². The average Bonchev–Trinajstić information content (AvgIpc) is 3.74. The fourth-order valence-corrected chi connectivity index (χ4v) is 12.6. The highest BCUT2D eigenvalue weighted by molar-refractivity contribution is 7.47. The number of hydrogen-bond acceptors (Lipinski definition) is 15. The van der Waals surface area contributed by atoms with Crippen molar-refractivity contribution in [3.63, 3.8) is 0 Å². The zero-order valence-electron chi connectivity index (χ0n) is 59.9. The minimum atomic E-state index is -4.95. The van der Waals surface area contributed by atoms with Gasteiger partial charge in [-0.3, -0.25) is 37.3 Å². The molecular weight excluding hydrogens is 1210 g/mol. The van der Waals surface area contributed by atoms with Crippen molar-refractivity contribution in [3.8, 4) is 0 Å². The van der Waals surface area contributed by atoms with Gasteiger partial charge in [0.25, 0.3) is 0 Å². The molecule has 3 N–H and O–H groups in total. The van der Waals surface area contributed by atoms with Gasteiger partial charge in [-0.05, 0) is 37.5 Å². The van der Waals surface area contributed by atoms with Crippen molar-refractivity contribution >= 4 is 39.5 Å². The van der Waals surface area contributed by atoms with Crippen LogP contribution >= 0.6 is 15.6 Å². The van der Waals surface area contributed by atoms with Crippen molar-refractivity contribution in [2.75, 3.05) is 39.6 Å². The summed E-state index contributed by atoms with van der Waals surface area (Å²) < 4.78 is 68.3. The second-order valence-electron chi connectivity index (χ2n) is 26.8. The Morgan fingerprint density at radius 2 is 0.522 bits per heavy atom. The van der Waals surface area contributed by atoms with Crippen molar-refractivity contribution in [1.29, 1.82) is 0 Å². The van der Waals surface area contributed by atoms with Gasteiger partial charge in [-0.25, -0.2) is 9.13 Å². The van der Waals surface area contributed by atoms with E-state index >= 15 is 0 Å². The maximum atomic E-state index is 13.1. The van der Waals surface area contributed by atoms with Crippen LogP contribution in [0.5, 0.6) is 0 Å². The molecule has 4 unspecified atom stereocenters. The normalized spacial score (nSPS) is 14.7. The quantitative estimate of drug-likeness (QED) is 0.0222. The molecule has 0 fully saturated rings. The van der Waals surface area contributed by atoms with Gasteiger partial charge in [-0.15, -0.1) is 0 Å². The van der Waals surface area contributed by atoms with Crippen LogP contribution in [0, 0.1) is 11.8 Å². The SMILES string of the molecule is CCCCCCCCCCCCCCC(=O)OC[C@H](COP(=O)(O)OC[C@@H](O)COP(=O)(O)OC[C@@H](COC(=O)CCCCCCCCCC)OC(=O)CCCCCCCCC(C)CC)OC(=O)CCCCCCCCCCCCCCCCCCCCC(C)CC. The topological polar surface area (TPSA) is 237 Å². The van der Waals surface area contributed by atoms with E-state index in [2.05, 4.69) is 41.5 Å². The molecular formula is C73H142O17P2. The number of rotatable bonds is 72. The standard InChI is InChI=1S/C73H142O17P2/c1-7-11-13-15-17-19-20-30-33-37-44-50-56-71(76)84-61-68(89-72(77)57-51-45-38-34-31-28-26-24-22-21-23-25-27-29-32-35-41-47-53-65(5)9-3)63-87-91(79,80)85-59-67(74)60-86-92(81,82)88-64-69(62-83-70(75)55-49-43-36-18-16-14-12-8-2)90-73(78)58-52-46-40-39-42-48-54-66(6)10-4/h65-69,74H,7-64H2,1-6H3,(H,79,80)(H,81,82)/t65?,66?,67-,68-,69-/m1/s1. The van der Waals surface area contributed by atoms with Gasteiger partial charge in [0.1, 0.15) is 19.3 Å². The van der Waals surface area contributed by atoms with Crippen LogP contribution in [0.1, 0.15) is 375 Å². The number of hydrogen-bond donors (Lipinski definition) is 3. The summed E-state index contributed by atoms with van der Waals surface area (Å²) >= 11 is 0. The Balaban J connectivity index is 5.14. The molecule has 0 spiro atoms. The number of phosphoric ester groups is 2. The van der Waals surface area contributed by atoms with Crippen LogP contribution in [0.2, 0.25) is 0 Å². The molecule has 19 heteroatoms. The van der Waals surface area contributed by atoms with Crippen LogP contribution in [0.4, 0.5) is 0 Å². The zero-order chi connectivity index (χ0) is 67.9. The molecule has 0 amide bonds. The van der Waals surface area contributed by atoms with E-state index in [9.17, 15) is 43.2 Å². The van der Waals surface area contributed by atoms with Crippen molar-refractivity contribution < 1.29 is 80.2 Å². The van der Waals surface area contributed by atoms with E-state index in [1.165, 1.54) is 186 Å². The molecule has 17 nitrogen and oxygen atoms in total. The predicted molar refractivity (Wildman–Crippen MR) is 372 cm³/mol. The Morgan fingerprint density at radius 1 is 0.304 bits per heavy atom. The number of esters is 4. The molecule has 0 aliphatic carbocycles. The molecule has 92 heavy (non-hydrogen) atoms. The molecule has 0 aliphatic rings. The summed E-state index contributed by atoms with van der Waals surface area (Å²) in [5.74, 6) is -0.534. The van der Waals surface area contributed by atoms with E-state index in [0.717, 1.165) is 108 Å². The Morgan fingerprint density at radius 3 is 0.772 bits per heavy atom. The third-order valence-electron chi connectivity index (χ3n) is 17.7.